The Bertz CT molecular complexity index is 387. The fourth-order valence-corrected chi connectivity index (χ4v) is 1.41. The number of anilines is 1. The number of benzene rings is 1. The Hall–Kier alpha value is -1.35. The number of ketones is 1. The SMILES string of the molecule is CCC(Cl)C(=O)c1ccc(NC(C)=O)cc1. The standard InChI is InChI=1S/C12H14ClNO2/c1-3-11(13)12(16)9-4-6-10(7-5-9)14-8(2)15/h4-7,11H,3H2,1-2H3,(H,14,15). The lowest BCUT2D eigenvalue weighted by molar-refractivity contribution is -0.114. The van der Waals surface area contributed by atoms with E-state index in [1.807, 2.05) is 6.92 Å². The van der Waals surface area contributed by atoms with Crippen molar-refractivity contribution in [3.8, 4) is 0 Å². The molecule has 0 saturated heterocycles. The molecule has 1 atom stereocenters. The van der Waals surface area contributed by atoms with Crippen molar-refractivity contribution in [3.63, 3.8) is 0 Å². The van der Waals surface area contributed by atoms with Gasteiger partial charge in [0.2, 0.25) is 5.91 Å². The smallest absolute Gasteiger partial charge is 0.221 e. The van der Waals surface area contributed by atoms with Crippen molar-refractivity contribution in [2.45, 2.75) is 25.6 Å². The maximum Gasteiger partial charge on any atom is 0.221 e. The monoisotopic (exact) mass is 239 g/mol. The van der Waals surface area contributed by atoms with Crippen LogP contribution in [0.15, 0.2) is 24.3 Å². The number of nitrogens with one attached hydrogen (secondary N) is 1. The summed E-state index contributed by atoms with van der Waals surface area (Å²) in [6, 6.07) is 6.71. The van der Waals surface area contributed by atoms with Crippen LogP contribution >= 0.6 is 11.6 Å². The molecule has 0 aliphatic heterocycles. The number of hydrogen-bond donors (Lipinski definition) is 1. The van der Waals surface area contributed by atoms with Gasteiger partial charge in [-0.2, -0.15) is 0 Å². The van der Waals surface area contributed by atoms with E-state index >= 15 is 0 Å². The van der Waals surface area contributed by atoms with E-state index in [0.29, 0.717) is 17.7 Å². The summed E-state index contributed by atoms with van der Waals surface area (Å²) in [6.45, 7) is 3.30. The first kappa shape index (κ1) is 12.7. The third-order valence-electron chi connectivity index (χ3n) is 2.13. The summed E-state index contributed by atoms with van der Waals surface area (Å²) < 4.78 is 0. The molecule has 3 nitrogen and oxygen atoms in total. The quantitative estimate of drug-likeness (QED) is 0.649. The second-order valence-corrected chi connectivity index (χ2v) is 4.03. The Morgan fingerprint density at radius 2 is 1.88 bits per heavy atom. The minimum atomic E-state index is -0.480. The topological polar surface area (TPSA) is 46.2 Å². The van der Waals surface area contributed by atoms with Gasteiger partial charge in [-0.05, 0) is 30.7 Å². The Labute approximate surface area is 99.8 Å². The zero-order valence-electron chi connectivity index (χ0n) is 9.29. The van der Waals surface area contributed by atoms with Crippen LogP contribution in [0.25, 0.3) is 0 Å². The van der Waals surface area contributed by atoms with E-state index in [9.17, 15) is 9.59 Å². The highest BCUT2D eigenvalue weighted by atomic mass is 35.5. The van der Waals surface area contributed by atoms with Crippen molar-refractivity contribution >= 4 is 29.0 Å². The number of rotatable bonds is 4. The molecule has 0 heterocycles. The lowest BCUT2D eigenvalue weighted by Gasteiger charge is -2.06. The molecule has 0 fully saturated rings. The third-order valence-corrected chi connectivity index (χ3v) is 2.64. The summed E-state index contributed by atoms with van der Waals surface area (Å²) in [5.74, 6) is -0.221. The van der Waals surface area contributed by atoms with Crippen LogP contribution in [-0.4, -0.2) is 17.1 Å². The van der Waals surface area contributed by atoms with Gasteiger partial charge < -0.3 is 5.32 Å². The molecule has 86 valence electrons. The van der Waals surface area contributed by atoms with Crippen molar-refractivity contribution in [2.75, 3.05) is 5.32 Å². The average Bonchev–Trinajstić information content (AvgIpc) is 2.27. The molecule has 0 spiro atoms. The van der Waals surface area contributed by atoms with Gasteiger partial charge in [-0.15, -0.1) is 11.6 Å². The molecule has 0 saturated carbocycles. The number of carbonyl (C=O) groups excluding carboxylic acids is 2. The lowest BCUT2D eigenvalue weighted by Crippen LogP contribution is -2.13. The summed E-state index contributed by atoms with van der Waals surface area (Å²) in [5.41, 5.74) is 1.24. The highest BCUT2D eigenvalue weighted by Gasteiger charge is 2.14. The normalized spacial score (nSPS) is 11.9. The predicted octanol–water partition coefficient (Wildman–Crippen LogP) is 2.85. The largest absolute Gasteiger partial charge is 0.326 e. The molecule has 16 heavy (non-hydrogen) atoms. The molecule has 0 aliphatic carbocycles. The van der Waals surface area contributed by atoms with Gasteiger partial charge in [0.05, 0.1) is 5.38 Å². The summed E-state index contributed by atoms with van der Waals surface area (Å²) in [7, 11) is 0. The van der Waals surface area contributed by atoms with Crippen molar-refractivity contribution < 1.29 is 9.59 Å². The molecule has 1 amide bonds. The van der Waals surface area contributed by atoms with E-state index in [4.69, 9.17) is 11.6 Å². The Morgan fingerprint density at radius 3 is 2.31 bits per heavy atom. The number of carbonyl (C=O) groups is 2. The number of alkyl halides is 1. The lowest BCUT2D eigenvalue weighted by atomic mass is 10.1. The van der Waals surface area contributed by atoms with Crippen molar-refractivity contribution in [2.24, 2.45) is 0 Å². The van der Waals surface area contributed by atoms with E-state index in [1.165, 1.54) is 6.92 Å². The number of amides is 1. The second kappa shape index (κ2) is 5.66. The molecular formula is C12H14ClNO2. The summed E-state index contributed by atoms with van der Waals surface area (Å²) in [6.07, 6.45) is 0.605. The van der Waals surface area contributed by atoms with Crippen LogP contribution in [0.2, 0.25) is 0 Å². The molecule has 1 aromatic rings. The van der Waals surface area contributed by atoms with E-state index in [1.54, 1.807) is 24.3 Å². The van der Waals surface area contributed by atoms with E-state index in [0.717, 1.165) is 0 Å². The van der Waals surface area contributed by atoms with Gasteiger partial charge in [0.1, 0.15) is 0 Å². The number of halogens is 1. The zero-order chi connectivity index (χ0) is 12.1. The molecule has 4 heteroatoms. The third kappa shape index (κ3) is 3.35. The van der Waals surface area contributed by atoms with Crippen molar-refractivity contribution in [1.29, 1.82) is 0 Å². The minimum Gasteiger partial charge on any atom is -0.326 e. The first-order chi connectivity index (χ1) is 7.54. The van der Waals surface area contributed by atoms with Crippen LogP contribution in [0.4, 0.5) is 5.69 Å². The van der Waals surface area contributed by atoms with Gasteiger partial charge in [-0.1, -0.05) is 6.92 Å². The zero-order valence-corrected chi connectivity index (χ0v) is 10.0. The van der Waals surface area contributed by atoms with Crippen LogP contribution in [0.3, 0.4) is 0 Å². The molecule has 0 radical (unpaired) electrons. The molecule has 0 aromatic heterocycles. The van der Waals surface area contributed by atoms with Gasteiger partial charge in [-0.25, -0.2) is 0 Å². The fourth-order valence-electron chi connectivity index (χ4n) is 1.29. The molecule has 1 N–H and O–H groups in total. The Morgan fingerprint density at radius 1 is 1.31 bits per heavy atom. The molecule has 1 rings (SSSR count). The van der Waals surface area contributed by atoms with Gasteiger partial charge in [0.25, 0.3) is 0 Å². The van der Waals surface area contributed by atoms with E-state index < -0.39 is 5.38 Å². The van der Waals surface area contributed by atoms with Gasteiger partial charge in [0.15, 0.2) is 5.78 Å². The summed E-state index contributed by atoms with van der Waals surface area (Å²) in [4.78, 5) is 22.5. The Balaban J connectivity index is 2.78. The van der Waals surface area contributed by atoms with Gasteiger partial charge in [0, 0.05) is 18.2 Å². The first-order valence-electron chi connectivity index (χ1n) is 5.10. The van der Waals surface area contributed by atoms with Crippen LogP contribution in [0.1, 0.15) is 30.6 Å². The number of Topliss-reactive ketones (excluding diaryl/α,β-unsaturated/α-hetero) is 1. The number of hydrogen-bond acceptors (Lipinski definition) is 2. The molecule has 1 aromatic carbocycles. The maximum atomic E-state index is 11.7. The Kier molecular flexibility index (Phi) is 4.50. The van der Waals surface area contributed by atoms with Gasteiger partial charge >= 0.3 is 0 Å². The summed E-state index contributed by atoms with van der Waals surface area (Å²) >= 11 is 5.86. The fraction of sp³-hybridized carbons (Fsp3) is 0.333. The highest BCUT2D eigenvalue weighted by molar-refractivity contribution is 6.33. The molecular weight excluding hydrogens is 226 g/mol. The van der Waals surface area contributed by atoms with Crippen molar-refractivity contribution in [3.05, 3.63) is 29.8 Å². The van der Waals surface area contributed by atoms with E-state index in [2.05, 4.69) is 5.32 Å². The molecule has 1 unspecified atom stereocenters. The minimum absolute atomic E-state index is 0.0847. The van der Waals surface area contributed by atoms with Crippen LogP contribution in [0.5, 0.6) is 0 Å². The second-order valence-electron chi connectivity index (χ2n) is 3.50. The predicted molar refractivity (Wildman–Crippen MR) is 65.0 cm³/mol. The van der Waals surface area contributed by atoms with Crippen LogP contribution in [-0.2, 0) is 4.79 Å². The maximum absolute atomic E-state index is 11.7. The summed E-state index contributed by atoms with van der Waals surface area (Å²) in [5, 5.41) is 2.15. The first-order valence-corrected chi connectivity index (χ1v) is 5.54. The van der Waals surface area contributed by atoms with Crippen LogP contribution < -0.4 is 5.32 Å². The van der Waals surface area contributed by atoms with Crippen molar-refractivity contribution in [1.82, 2.24) is 0 Å². The highest BCUT2D eigenvalue weighted by Crippen LogP contribution is 2.14. The van der Waals surface area contributed by atoms with E-state index in [-0.39, 0.29) is 11.7 Å². The van der Waals surface area contributed by atoms with Crippen LogP contribution in [0, 0.1) is 0 Å². The average molecular weight is 240 g/mol. The molecule has 0 bridgehead atoms. The molecule has 0 aliphatic rings. The van der Waals surface area contributed by atoms with Gasteiger partial charge in [-0.3, -0.25) is 9.59 Å².